The number of nitrogens with one attached hydrogen (secondary N) is 1. The molecule has 1 N–H and O–H groups in total. The lowest BCUT2D eigenvalue weighted by Crippen LogP contribution is -2.41. The first-order chi connectivity index (χ1) is 10.6. The van der Waals surface area contributed by atoms with Crippen LogP contribution in [0.5, 0.6) is 5.75 Å². The molecule has 0 saturated heterocycles. The average molecular weight is 343 g/mol. The summed E-state index contributed by atoms with van der Waals surface area (Å²) in [5, 5.41) is 2.78. The molecule has 0 aliphatic rings. The minimum Gasteiger partial charge on any atom is -0.497 e. The van der Waals surface area contributed by atoms with Crippen LogP contribution in [-0.4, -0.2) is 71.1 Å². The van der Waals surface area contributed by atoms with Crippen LogP contribution in [0, 0.1) is 0 Å². The second kappa shape index (κ2) is 8.28. The third kappa shape index (κ3) is 6.17. The Kier molecular flexibility index (Phi) is 6.99. The lowest BCUT2D eigenvalue weighted by molar-refractivity contribution is -0.121. The van der Waals surface area contributed by atoms with E-state index in [2.05, 4.69) is 5.32 Å². The maximum atomic E-state index is 11.9. The number of carbonyl (C=O) groups is 1. The summed E-state index contributed by atoms with van der Waals surface area (Å²) in [6, 6.07) is 7.58. The number of rotatable bonds is 8. The predicted molar refractivity (Wildman–Crippen MR) is 89.9 cm³/mol. The van der Waals surface area contributed by atoms with E-state index in [-0.39, 0.29) is 18.5 Å². The molecule has 1 rings (SSSR count). The third-order valence-electron chi connectivity index (χ3n) is 3.53. The summed E-state index contributed by atoms with van der Waals surface area (Å²) in [6.45, 7) is 0.174. The van der Waals surface area contributed by atoms with Gasteiger partial charge in [-0.25, -0.2) is 8.42 Å². The number of likely N-dealkylation sites (N-methyl/N-ethyl adjacent to an activating group) is 2. The van der Waals surface area contributed by atoms with Crippen molar-refractivity contribution in [3.8, 4) is 5.75 Å². The van der Waals surface area contributed by atoms with Gasteiger partial charge in [0.05, 0.1) is 26.0 Å². The molecule has 0 heterocycles. The highest BCUT2D eigenvalue weighted by molar-refractivity contribution is 7.88. The summed E-state index contributed by atoms with van der Waals surface area (Å²) in [6.07, 6.45) is 1.07. The summed E-state index contributed by atoms with van der Waals surface area (Å²) in [4.78, 5) is 13.9. The number of nitrogens with zero attached hydrogens (tertiary/aromatic N) is 2. The summed E-state index contributed by atoms with van der Waals surface area (Å²) in [7, 11) is 3.44. The minimum atomic E-state index is -3.37. The molecule has 130 valence electrons. The largest absolute Gasteiger partial charge is 0.497 e. The molecule has 1 unspecified atom stereocenters. The van der Waals surface area contributed by atoms with Crippen molar-refractivity contribution in [1.29, 1.82) is 0 Å². The van der Waals surface area contributed by atoms with Gasteiger partial charge < -0.3 is 15.0 Å². The summed E-state index contributed by atoms with van der Waals surface area (Å²) < 4.78 is 28.9. The number of sulfonamides is 1. The van der Waals surface area contributed by atoms with Gasteiger partial charge in [0.2, 0.25) is 15.9 Å². The lowest BCUT2D eigenvalue weighted by atomic mass is 10.1. The normalized spacial score (nSPS) is 13.2. The molecule has 0 fully saturated rings. The molecule has 1 atom stereocenters. The Morgan fingerprint density at radius 1 is 1.30 bits per heavy atom. The molecule has 8 heteroatoms. The smallest absolute Gasteiger partial charge is 0.235 e. The van der Waals surface area contributed by atoms with Gasteiger partial charge in [0.25, 0.3) is 0 Å². The summed E-state index contributed by atoms with van der Waals surface area (Å²) >= 11 is 0. The van der Waals surface area contributed by atoms with Gasteiger partial charge in [0, 0.05) is 13.6 Å². The van der Waals surface area contributed by atoms with E-state index < -0.39 is 10.0 Å². The van der Waals surface area contributed by atoms with Gasteiger partial charge in [-0.2, -0.15) is 4.31 Å². The lowest BCUT2D eigenvalue weighted by Gasteiger charge is -2.26. The number of methoxy groups -OCH3 is 1. The molecular weight excluding hydrogens is 318 g/mol. The standard InChI is InChI=1S/C15H25N3O4S/c1-17(2)14(12-7-6-8-13(9-12)22-4)10-16-15(19)11-18(3)23(5,20)21/h6-9,14H,10-11H2,1-5H3,(H,16,19). The van der Waals surface area contributed by atoms with Gasteiger partial charge in [0.1, 0.15) is 5.75 Å². The van der Waals surface area contributed by atoms with Crippen LogP contribution < -0.4 is 10.1 Å². The van der Waals surface area contributed by atoms with Gasteiger partial charge in [-0.15, -0.1) is 0 Å². The van der Waals surface area contributed by atoms with E-state index in [4.69, 9.17) is 4.74 Å². The minimum absolute atomic E-state index is 0.0439. The maximum Gasteiger partial charge on any atom is 0.235 e. The van der Waals surface area contributed by atoms with Crippen molar-refractivity contribution < 1.29 is 17.9 Å². The van der Waals surface area contributed by atoms with E-state index in [9.17, 15) is 13.2 Å². The van der Waals surface area contributed by atoms with Crippen LogP contribution in [0.3, 0.4) is 0 Å². The van der Waals surface area contributed by atoms with E-state index in [1.807, 2.05) is 43.3 Å². The van der Waals surface area contributed by atoms with Crippen molar-refractivity contribution in [1.82, 2.24) is 14.5 Å². The number of hydrogen-bond acceptors (Lipinski definition) is 5. The van der Waals surface area contributed by atoms with Crippen LogP contribution >= 0.6 is 0 Å². The Balaban J connectivity index is 2.72. The molecule has 0 aromatic heterocycles. The predicted octanol–water partition coefficient (Wildman–Crippen LogP) is 0.306. The zero-order valence-corrected chi connectivity index (χ0v) is 15.1. The number of ether oxygens (including phenoxy) is 1. The molecule has 0 saturated carbocycles. The van der Waals surface area contributed by atoms with Crippen LogP contribution in [0.2, 0.25) is 0 Å². The first kappa shape index (κ1) is 19.4. The van der Waals surface area contributed by atoms with Crippen LogP contribution in [0.1, 0.15) is 11.6 Å². The zero-order valence-electron chi connectivity index (χ0n) is 14.2. The first-order valence-electron chi connectivity index (χ1n) is 7.13. The summed E-state index contributed by atoms with van der Waals surface area (Å²) in [5.74, 6) is 0.408. The van der Waals surface area contributed by atoms with Crippen molar-refractivity contribution in [3.05, 3.63) is 29.8 Å². The van der Waals surface area contributed by atoms with Crippen molar-refractivity contribution in [2.24, 2.45) is 0 Å². The van der Waals surface area contributed by atoms with Gasteiger partial charge in [-0.1, -0.05) is 12.1 Å². The molecule has 1 amide bonds. The van der Waals surface area contributed by atoms with E-state index in [1.165, 1.54) is 7.05 Å². The van der Waals surface area contributed by atoms with E-state index in [0.717, 1.165) is 21.9 Å². The average Bonchev–Trinajstić information content (AvgIpc) is 2.46. The van der Waals surface area contributed by atoms with Crippen molar-refractivity contribution >= 4 is 15.9 Å². The monoisotopic (exact) mass is 343 g/mol. The van der Waals surface area contributed by atoms with Crippen molar-refractivity contribution in [2.75, 3.05) is 47.6 Å². The fourth-order valence-electron chi connectivity index (χ4n) is 2.03. The Bertz CT molecular complexity index is 631. The SMILES string of the molecule is COc1cccc(C(CNC(=O)CN(C)S(C)(=O)=O)N(C)C)c1. The van der Waals surface area contributed by atoms with Gasteiger partial charge in [-0.3, -0.25) is 4.79 Å². The second-order valence-electron chi connectivity index (χ2n) is 5.58. The molecule has 1 aromatic rings. The molecule has 0 spiro atoms. The van der Waals surface area contributed by atoms with E-state index >= 15 is 0 Å². The fourth-order valence-corrected chi connectivity index (χ4v) is 2.39. The third-order valence-corrected chi connectivity index (χ3v) is 4.79. The van der Waals surface area contributed by atoms with Crippen LogP contribution in [0.25, 0.3) is 0 Å². The van der Waals surface area contributed by atoms with Gasteiger partial charge in [-0.05, 0) is 31.8 Å². The molecular formula is C15H25N3O4S. The Labute approximate surface area is 138 Å². The fraction of sp³-hybridized carbons (Fsp3) is 0.533. The van der Waals surface area contributed by atoms with Crippen molar-refractivity contribution in [3.63, 3.8) is 0 Å². The molecule has 7 nitrogen and oxygen atoms in total. The highest BCUT2D eigenvalue weighted by Crippen LogP contribution is 2.22. The molecule has 23 heavy (non-hydrogen) atoms. The quantitative estimate of drug-likeness (QED) is 0.735. The Hall–Kier alpha value is -1.64. The molecule has 0 bridgehead atoms. The first-order valence-corrected chi connectivity index (χ1v) is 8.98. The van der Waals surface area contributed by atoms with E-state index in [1.54, 1.807) is 7.11 Å². The zero-order chi connectivity index (χ0) is 17.6. The van der Waals surface area contributed by atoms with E-state index in [0.29, 0.717) is 6.54 Å². The van der Waals surface area contributed by atoms with Crippen LogP contribution in [0.15, 0.2) is 24.3 Å². The molecule has 0 aliphatic carbocycles. The number of hydrogen-bond donors (Lipinski definition) is 1. The number of benzene rings is 1. The van der Waals surface area contributed by atoms with Gasteiger partial charge >= 0.3 is 0 Å². The molecule has 1 aromatic carbocycles. The van der Waals surface area contributed by atoms with Crippen LogP contribution in [0.4, 0.5) is 0 Å². The molecule has 0 radical (unpaired) electrons. The number of amides is 1. The Morgan fingerprint density at radius 3 is 2.48 bits per heavy atom. The number of carbonyl (C=O) groups excluding carboxylic acids is 1. The maximum absolute atomic E-state index is 11.9. The summed E-state index contributed by atoms with van der Waals surface area (Å²) in [5.41, 5.74) is 1.01. The van der Waals surface area contributed by atoms with Crippen molar-refractivity contribution in [2.45, 2.75) is 6.04 Å². The second-order valence-corrected chi connectivity index (χ2v) is 7.67. The molecule has 0 aliphatic heterocycles. The van der Waals surface area contributed by atoms with Crippen LogP contribution in [-0.2, 0) is 14.8 Å². The topological polar surface area (TPSA) is 79.0 Å². The Morgan fingerprint density at radius 2 is 1.96 bits per heavy atom. The van der Waals surface area contributed by atoms with Gasteiger partial charge in [0.15, 0.2) is 0 Å². The highest BCUT2D eigenvalue weighted by atomic mass is 32.2. The highest BCUT2D eigenvalue weighted by Gasteiger charge is 2.18.